The molecule has 0 spiro atoms. The molecule has 2 aromatic heterocycles. The minimum Gasteiger partial charge on any atom is -0.351 e. The molecule has 0 saturated carbocycles. The summed E-state index contributed by atoms with van der Waals surface area (Å²) in [4.78, 5) is 14.6. The van der Waals surface area contributed by atoms with Crippen molar-refractivity contribution in [3.05, 3.63) is 57.0 Å². The van der Waals surface area contributed by atoms with Crippen LogP contribution in [-0.2, 0) is 13.1 Å². The van der Waals surface area contributed by atoms with E-state index in [1.54, 1.807) is 29.7 Å². The summed E-state index contributed by atoms with van der Waals surface area (Å²) < 4.78 is 0. The van der Waals surface area contributed by atoms with Gasteiger partial charge in [0.15, 0.2) is 5.96 Å². The van der Waals surface area contributed by atoms with Crippen LogP contribution in [0.5, 0.6) is 0 Å². The molecule has 0 bridgehead atoms. The Balaban J connectivity index is 1.55. The van der Waals surface area contributed by atoms with Gasteiger partial charge in [-0.1, -0.05) is 30.3 Å². The van der Waals surface area contributed by atoms with Gasteiger partial charge in [0.2, 0.25) is 0 Å². The molecule has 0 aliphatic heterocycles. The second-order valence-corrected chi connectivity index (χ2v) is 7.68. The van der Waals surface area contributed by atoms with Crippen LogP contribution in [0.4, 0.5) is 0 Å². The van der Waals surface area contributed by atoms with Gasteiger partial charge >= 0.3 is 0 Å². The van der Waals surface area contributed by atoms with Gasteiger partial charge in [0.05, 0.1) is 29.5 Å². The van der Waals surface area contributed by atoms with Gasteiger partial charge in [-0.2, -0.15) is 0 Å². The van der Waals surface area contributed by atoms with Gasteiger partial charge in [-0.25, -0.2) is 9.97 Å². The quantitative estimate of drug-likeness (QED) is 0.530. The molecule has 0 fully saturated rings. The molecule has 7 heteroatoms. The lowest BCUT2D eigenvalue weighted by molar-refractivity contribution is 0.800. The summed E-state index contributed by atoms with van der Waals surface area (Å²) in [5.74, 6) is 0.764. The largest absolute Gasteiger partial charge is 0.351 e. The average Bonchev–Trinajstić information content (AvgIpc) is 3.22. The number of rotatable bonds is 5. The topological polar surface area (TPSA) is 62.2 Å². The van der Waals surface area contributed by atoms with Crippen LogP contribution in [0.1, 0.15) is 21.3 Å². The van der Waals surface area contributed by atoms with Gasteiger partial charge in [0.25, 0.3) is 0 Å². The SMILES string of the molecule is CN=C(NCc1csc(-c2ccccc2)n1)NCc1sc(C)nc1C. The number of aromatic nitrogens is 2. The molecule has 130 valence electrons. The molecule has 25 heavy (non-hydrogen) atoms. The number of aliphatic imine (C=N–C) groups is 1. The molecule has 0 radical (unpaired) electrons. The van der Waals surface area contributed by atoms with Crippen LogP contribution in [0.25, 0.3) is 10.6 Å². The van der Waals surface area contributed by atoms with E-state index in [1.807, 2.05) is 32.0 Å². The van der Waals surface area contributed by atoms with Gasteiger partial charge in [0.1, 0.15) is 5.01 Å². The van der Waals surface area contributed by atoms with Crippen molar-refractivity contribution in [1.29, 1.82) is 0 Å². The number of nitrogens with zero attached hydrogens (tertiary/aromatic N) is 3. The highest BCUT2D eigenvalue weighted by atomic mass is 32.1. The van der Waals surface area contributed by atoms with Crippen LogP contribution < -0.4 is 10.6 Å². The molecule has 0 aliphatic rings. The zero-order valence-electron chi connectivity index (χ0n) is 14.5. The van der Waals surface area contributed by atoms with Crippen LogP contribution in [-0.4, -0.2) is 23.0 Å². The van der Waals surface area contributed by atoms with Crippen molar-refractivity contribution in [2.75, 3.05) is 7.05 Å². The van der Waals surface area contributed by atoms with Crippen LogP contribution >= 0.6 is 22.7 Å². The molecular formula is C18H21N5S2. The first kappa shape index (κ1) is 17.6. The molecule has 0 amide bonds. The summed E-state index contributed by atoms with van der Waals surface area (Å²) in [6.45, 7) is 5.44. The summed E-state index contributed by atoms with van der Waals surface area (Å²) in [6.07, 6.45) is 0. The Morgan fingerprint density at radius 1 is 1.08 bits per heavy atom. The number of guanidine groups is 1. The third-order valence-corrected chi connectivity index (χ3v) is 5.66. The highest BCUT2D eigenvalue weighted by molar-refractivity contribution is 7.13. The Hall–Kier alpha value is -2.25. The Bertz CT molecular complexity index is 851. The number of hydrogen-bond donors (Lipinski definition) is 2. The van der Waals surface area contributed by atoms with E-state index in [0.29, 0.717) is 6.54 Å². The van der Waals surface area contributed by atoms with E-state index in [0.717, 1.165) is 39.5 Å². The molecule has 2 N–H and O–H groups in total. The fraction of sp³-hybridized carbons (Fsp3) is 0.278. The summed E-state index contributed by atoms with van der Waals surface area (Å²) in [7, 11) is 1.77. The normalized spacial score (nSPS) is 11.6. The van der Waals surface area contributed by atoms with E-state index in [2.05, 4.69) is 43.1 Å². The predicted molar refractivity (Wildman–Crippen MR) is 106 cm³/mol. The van der Waals surface area contributed by atoms with Crippen LogP contribution in [0, 0.1) is 13.8 Å². The number of thiazole rings is 2. The zero-order chi connectivity index (χ0) is 17.6. The van der Waals surface area contributed by atoms with Gasteiger partial charge < -0.3 is 10.6 Å². The fourth-order valence-corrected chi connectivity index (χ4v) is 4.10. The fourth-order valence-electron chi connectivity index (χ4n) is 2.40. The summed E-state index contributed by atoms with van der Waals surface area (Å²) in [6, 6.07) is 10.2. The van der Waals surface area contributed by atoms with Gasteiger partial charge in [-0.3, -0.25) is 4.99 Å². The smallest absolute Gasteiger partial charge is 0.191 e. The molecule has 1 aromatic carbocycles. The van der Waals surface area contributed by atoms with Gasteiger partial charge in [-0.15, -0.1) is 22.7 Å². The van der Waals surface area contributed by atoms with Crippen molar-refractivity contribution in [1.82, 2.24) is 20.6 Å². The predicted octanol–water partition coefficient (Wildman–Crippen LogP) is 3.75. The first-order valence-electron chi connectivity index (χ1n) is 8.03. The van der Waals surface area contributed by atoms with Gasteiger partial charge in [-0.05, 0) is 13.8 Å². The van der Waals surface area contributed by atoms with Crippen molar-refractivity contribution in [2.24, 2.45) is 4.99 Å². The highest BCUT2D eigenvalue weighted by Gasteiger charge is 2.07. The monoisotopic (exact) mass is 371 g/mol. The lowest BCUT2D eigenvalue weighted by Crippen LogP contribution is -2.36. The van der Waals surface area contributed by atoms with Gasteiger partial charge in [0, 0.05) is 22.9 Å². The third-order valence-electron chi connectivity index (χ3n) is 3.65. The van der Waals surface area contributed by atoms with Crippen molar-refractivity contribution in [2.45, 2.75) is 26.9 Å². The third kappa shape index (κ3) is 4.64. The lowest BCUT2D eigenvalue weighted by atomic mass is 10.2. The molecule has 2 heterocycles. The second-order valence-electron chi connectivity index (χ2n) is 5.53. The van der Waals surface area contributed by atoms with E-state index in [1.165, 1.54) is 4.88 Å². The lowest BCUT2D eigenvalue weighted by Gasteiger charge is -2.10. The van der Waals surface area contributed by atoms with Crippen LogP contribution in [0.3, 0.4) is 0 Å². The molecule has 3 aromatic rings. The summed E-state index contributed by atoms with van der Waals surface area (Å²) in [5.41, 5.74) is 3.24. The Morgan fingerprint density at radius 2 is 1.84 bits per heavy atom. The maximum absolute atomic E-state index is 4.69. The molecule has 0 atom stereocenters. The summed E-state index contributed by atoms with van der Waals surface area (Å²) >= 11 is 3.37. The minimum atomic E-state index is 0.643. The van der Waals surface area contributed by atoms with Crippen molar-refractivity contribution in [3.8, 4) is 10.6 Å². The second kappa shape index (κ2) is 8.22. The zero-order valence-corrected chi connectivity index (χ0v) is 16.2. The minimum absolute atomic E-state index is 0.643. The highest BCUT2D eigenvalue weighted by Crippen LogP contribution is 2.23. The number of nitrogens with one attached hydrogen (secondary N) is 2. The molecule has 3 rings (SSSR count). The van der Waals surface area contributed by atoms with Crippen molar-refractivity contribution < 1.29 is 0 Å². The molecule has 0 unspecified atom stereocenters. The number of benzene rings is 1. The van der Waals surface area contributed by atoms with E-state index in [-0.39, 0.29) is 0 Å². The van der Waals surface area contributed by atoms with E-state index in [4.69, 9.17) is 0 Å². The first-order chi connectivity index (χ1) is 12.2. The van der Waals surface area contributed by atoms with E-state index in [9.17, 15) is 0 Å². The molecule has 5 nitrogen and oxygen atoms in total. The Labute approximate surface area is 155 Å². The maximum Gasteiger partial charge on any atom is 0.191 e. The summed E-state index contributed by atoms with van der Waals surface area (Å²) in [5, 5.41) is 10.9. The Kier molecular flexibility index (Phi) is 5.78. The van der Waals surface area contributed by atoms with E-state index >= 15 is 0 Å². The molecule has 0 saturated heterocycles. The molecular weight excluding hydrogens is 350 g/mol. The Morgan fingerprint density at radius 3 is 2.52 bits per heavy atom. The van der Waals surface area contributed by atoms with E-state index < -0.39 is 0 Å². The van der Waals surface area contributed by atoms with Crippen LogP contribution in [0.15, 0.2) is 40.7 Å². The first-order valence-corrected chi connectivity index (χ1v) is 9.72. The number of hydrogen-bond acceptors (Lipinski definition) is 5. The molecule has 0 aliphatic carbocycles. The van der Waals surface area contributed by atoms with Crippen molar-refractivity contribution in [3.63, 3.8) is 0 Å². The van der Waals surface area contributed by atoms with Crippen LogP contribution in [0.2, 0.25) is 0 Å². The van der Waals surface area contributed by atoms with Crippen molar-refractivity contribution >= 4 is 28.6 Å². The maximum atomic E-state index is 4.69. The number of aryl methyl sites for hydroxylation is 2. The average molecular weight is 372 g/mol. The standard InChI is InChI=1S/C18H21N5S2/c1-12-16(25-13(2)22-12)10-21-18(19-3)20-9-15-11-24-17(23-15)14-7-5-4-6-8-14/h4-8,11H,9-10H2,1-3H3,(H2,19,20,21).